The summed E-state index contributed by atoms with van der Waals surface area (Å²) >= 11 is 0. The summed E-state index contributed by atoms with van der Waals surface area (Å²) in [6, 6.07) is 12.2. The van der Waals surface area contributed by atoms with Crippen molar-refractivity contribution in [3.8, 4) is 0 Å². The fourth-order valence-corrected chi connectivity index (χ4v) is 3.19. The van der Waals surface area contributed by atoms with E-state index < -0.39 is 0 Å². The summed E-state index contributed by atoms with van der Waals surface area (Å²) in [6.07, 6.45) is 7.91. The van der Waals surface area contributed by atoms with Crippen LogP contribution in [0.5, 0.6) is 0 Å². The predicted molar refractivity (Wildman–Crippen MR) is 106 cm³/mol. The number of nitrogens with zero attached hydrogens (tertiary/aromatic N) is 3. The molecule has 2 heterocycles. The van der Waals surface area contributed by atoms with Gasteiger partial charge >= 0.3 is 0 Å². The topological polar surface area (TPSA) is 69.0 Å². The smallest absolute Gasteiger partial charge is 0.0694 e. The first-order valence-corrected chi connectivity index (χ1v) is 9.04. The molecule has 1 aromatic heterocycles. The van der Waals surface area contributed by atoms with Crippen LogP contribution in [0.4, 0.5) is 5.69 Å². The molecule has 2 aromatic rings. The monoisotopic (exact) mass is 351 g/mol. The molecule has 5 heteroatoms. The van der Waals surface area contributed by atoms with Gasteiger partial charge in [-0.3, -0.25) is 9.98 Å². The van der Waals surface area contributed by atoms with E-state index in [1.165, 1.54) is 5.57 Å². The largest absolute Gasteiger partial charge is 0.395 e. The van der Waals surface area contributed by atoms with Crippen molar-refractivity contribution in [1.29, 1.82) is 0 Å². The Hall–Kier alpha value is -2.50. The summed E-state index contributed by atoms with van der Waals surface area (Å²) in [6.45, 7) is 2.02. The molecule has 1 aliphatic heterocycles. The van der Waals surface area contributed by atoms with Crippen LogP contribution in [0.1, 0.15) is 24.0 Å². The predicted octanol–water partition coefficient (Wildman–Crippen LogP) is 2.54. The van der Waals surface area contributed by atoms with Crippen molar-refractivity contribution >= 4 is 17.5 Å². The van der Waals surface area contributed by atoms with Crippen molar-refractivity contribution in [3.05, 3.63) is 65.5 Å². The molecule has 0 aliphatic carbocycles. The van der Waals surface area contributed by atoms with E-state index in [9.17, 15) is 10.2 Å². The van der Waals surface area contributed by atoms with Crippen LogP contribution in [-0.4, -0.2) is 53.8 Å². The van der Waals surface area contributed by atoms with Crippen molar-refractivity contribution in [1.82, 2.24) is 4.98 Å². The third kappa shape index (κ3) is 4.56. The van der Waals surface area contributed by atoms with Crippen LogP contribution in [-0.2, 0) is 0 Å². The normalized spacial score (nSPS) is 15.8. The van der Waals surface area contributed by atoms with Crippen LogP contribution in [0.2, 0.25) is 0 Å². The SMILES string of the molecule is OCCN(CCO)c1ccc(/C=C2\CCCN=C2c2cccnc2)cc1. The van der Waals surface area contributed by atoms with Crippen LogP contribution in [0.3, 0.4) is 0 Å². The zero-order valence-corrected chi connectivity index (χ0v) is 14.9. The highest BCUT2D eigenvalue weighted by atomic mass is 16.3. The maximum atomic E-state index is 9.18. The lowest BCUT2D eigenvalue weighted by molar-refractivity contribution is 0.281. The van der Waals surface area contributed by atoms with E-state index in [0.717, 1.165) is 41.9 Å². The maximum Gasteiger partial charge on any atom is 0.0694 e. The Morgan fingerprint density at radius 2 is 1.81 bits per heavy atom. The van der Waals surface area contributed by atoms with Crippen molar-refractivity contribution < 1.29 is 10.2 Å². The van der Waals surface area contributed by atoms with Crippen LogP contribution in [0.15, 0.2) is 59.4 Å². The van der Waals surface area contributed by atoms with Crippen molar-refractivity contribution in [2.24, 2.45) is 4.99 Å². The van der Waals surface area contributed by atoms with E-state index >= 15 is 0 Å². The lowest BCUT2D eigenvalue weighted by atomic mass is 9.95. The fraction of sp³-hybridized carbons (Fsp3) is 0.333. The van der Waals surface area contributed by atoms with Gasteiger partial charge in [0.05, 0.1) is 18.9 Å². The van der Waals surface area contributed by atoms with Crippen molar-refractivity contribution in [3.63, 3.8) is 0 Å². The van der Waals surface area contributed by atoms with Gasteiger partial charge in [0.2, 0.25) is 0 Å². The van der Waals surface area contributed by atoms with E-state index in [0.29, 0.717) is 13.1 Å². The summed E-state index contributed by atoms with van der Waals surface area (Å²) in [5.41, 5.74) is 5.46. The van der Waals surface area contributed by atoms with Crippen LogP contribution < -0.4 is 4.90 Å². The number of aliphatic hydroxyl groups is 2. The first-order valence-electron chi connectivity index (χ1n) is 9.04. The molecule has 136 valence electrons. The van der Waals surface area contributed by atoms with E-state index in [2.05, 4.69) is 29.3 Å². The Morgan fingerprint density at radius 1 is 1.04 bits per heavy atom. The van der Waals surface area contributed by atoms with E-state index in [1.54, 1.807) is 6.20 Å². The molecule has 0 bridgehead atoms. The van der Waals surface area contributed by atoms with E-state index in [1.807, 2.05) is 29.3 Å². The van der Waals surface area contributed by atoms with Gasteiger partial charge < -0.3 is 15.1 Å². The molecule has 0 radical (unpaired) electrons. The highest BCUT2D eigenvalue weighted by Crippen LogP contribution is 2.23. The lowest BCUT2D eigenvalue weighted by Crippen LogP contribution is -2.29. The third-order valence-electron chi connectivity index (χ3n) is 4.45. The number of allylic oxidation sites excluding steroid dienone is 1. The highest BCUT2D eigenvalue weighted by molar-refractivity contribution is 6.15. The van der Waals surface area contributed by atoms with Gasteiger partial charge in [0.25, 0.3) is 0 Å². The van der Waals surface area contributed by atoms with Crippen molar-refractivity contribution in [2.75, 3.05) is 37.7 Å². The molecule has 0 saturated heterocycles. The summed E-state index contributed by atoms with van der Waals surface area (Å²) in [4.78, 5) is 10.9. The van der Waals surface area contributed by atoms with E-state index in [-0.39, 0.29) is 13.2 Å². The number of pyridine rings is 1. The average Bonchev–Trinajstić information content (AvgIpc) is 2.70. The molecule has 1 aliphatic rings. The maximum absolute atomic E-state index is 9.18. The molecule has 26 heavy (non-hydrogen) atoms. The molecular weight excluding hydrogens is 326 g/mol. The molecule has 2 N–H and O–H groups in total. The van der Waals surface area contributed by atoms with Gasteiger partial charge in [-0.05, 0) is 54.3 Å². The zero-order valence-electron chi connectivity index (χ0n) is 14.9. The lowest BCUT2D eigenvalue weighted by Gasteiger charge is -2.23. The quantitative estimate of drug-likeness (QED) is 0.804. The van der Waals surface area contributed by atoms with Gasteiger partial charge in [-0.2, -0.15) is 0 Å². The molecular formula is C21H25N3O2. The molecule has 3 rings (SSSR count). The highest BCUT2D eigenvalue weighted by Gasteiger charge is 2.14. The molecule has 0 amide bonds. The summed E-state index contributed by atoms with van der Waals surface area (Å²) < 4.78 is 0. The molecule has 0 spiro atoms. The number of aliphatic imine (C=N–C) groups is 1. The second kappa shape index (κ2) is 9.27. The summed E-state index contributed by atoms with van der Waals surface area (Å²) in [5, 5.41) is 18.4. The first-order chi connectivity index (χ1) is 12.8. The molecule has 1 aromatic carbocycles. The van der Waals surface area contributed by atoms with Gasteiger partial charge in [-0.25, -0.2) is 0 Å². The standard InChI is InChI=1S/C21H25N3O2/c25-13-11-24(12-14-26)20-7-5-17(6-8-20)15-18-3-2-10-23-21(18)19-4-1-9-22-16-19/h1,4-9,15-16,25-26H,2-3,10-14H2/b18-15+. The minimum Gasteiger partial charge on any atom is -0.395 e. The van der Waals surface area contributed by atoms with Gasteiger partial charge in [0.15, 0.2) is 0 Å². The van der Waals surface area contributed by atoms with Crippen molar-refractivity contribution in [2.45, 2.75) is 12.8 Å². The van der Waals surface area contributed by atoms with Crippen LogP contribution >= 0.6 is 0 Å². The molecule has 0 unspecified atom stereocenters. The zero-order chi connectivity index (χ0) is 18.2. The van der Waals surface area contributed by atoms with Crippen LogP contribution in [0.25, 0.3) is 6.08 Å². The molecule has 0 fully saturated rings. The summed E-state index contributed by atoms with van der Waals surface area (Å²) in [7, 11) is 0. The second-order valence-corrected chi connectivity index (χ2v) is 6.27. The summed E-state index contributed by atoms with van der Waals surface area (Å²) in [5.74, 6) is 0. The molecule has 0 saturated carbocycles. The third-order valence-corrected chi connectivity index (χ3v) is 4.45. The average molecular weight is 351 g/mol. The number of hydrogen-bond acceptors (Lipinski definition) is 5. The van der Waals surface area contributed by atoms with E-state index in [4.69, 9.17) is 4.99 Å². The minimum atomic E-state index is 0.0662. The Balaban J connectivity index is 1.82. The van der Waals surface area contributed by atoms with Gasteiger partial charge in [0.1, 0.15) is 0 Å². The first kappa shape index (κ1) is 18.3. The van der Waals surface area contributed by atoms with Gasteiger partial charge in [-0.15, -0.1) is 0 Å². The Bertz CT molecular complexity index is 749. The number of benzene rings is 1. The number of anilines is 1. The van der Waals surface area contributed by atoms with Gasteiger partial charge in [-0.1, -0.05) is 12.1 Å². The Kier molecular flexibility index (Phi) is 6.52. The number of aliphatic hydroxyl groups excluding tert-OH is 2. The van der Waals surface area contributed by atoms with Gasteiger partial charge in [0, 0.05) is 43.3 Å². The Morgan fingerprint density at radius 3 is 2.46 bits per heavy atom. The second-order valence-electron chi connectivity index (χ2n) is 6.27. The molecule has 5 nitrogen and oxygen atoms in total. The fourth-order valence-electron chi connectivity index (χ4n) is 3.19. The Labute approximate surface area is 154 Å². The van der Waals surface area contributed by atoms with Crippen LogP contribution in [0, 0.1) is 0 Å². The number of aromatic nitrogens is 1. The molecule has 0 atom stereocenters. The number of rotatable bonds is 7. The number of hydrogen-bond donors (Lipinski definition) is 2. The minimum absolute atomic E-state index is 0.0662.